The van der Waals surface area contributed by atoms with Crippen LogP contribution in [-0.4, -0.2) is 9.97 Å². The second-order valence-electron chi connectivity index (χ2n) is 8.06. The number of nitrogens with two attached hydrogens (primary N) is 1. The van der Waals surface area contributed by atoms with Crippen LogP contribution in [0.3, 0.4) is 0 Å². The lowest BCUT2D eigenvalue weighted by atomic mass is 9.93. The average molecular weight is 379 g/mol. The smallest absolute Gasteiger partial charge is 0.258 e. The second-order valence-corrected chi connectivity index (χ2v) is 8.06. The van der Waals surface area contributed by atoms with Crippen LogP contribution in [-0.2, 0) is 6.42 Å². The number of unbranched alkanes of at least 4 members (excludes halogenated alkanes) is 1. The lowest BCUT2D eigenvalue weighted by Crippen LogP contribution is -2.87. The number of hydrogen-bond donors (Lipinski definition) is 2. The van der Waals surface area contributed by atoms with Gasteiger partial charge in [-0.1, -0.05) is 63.6 Å². The van der Waals surface area contributed by atoms with Crippen molar-refractivity contribution in [3.63, 3.8) is 0 Å². The first-order valence-electron chi connectivity index (χ1n) is 10.4. The molecular formula is C24H32N3O+. The normalized spacial score (nSPS) is 13.8. The van der Waals surface area contributed by atoms with E-state index in [0.717, 1.165) is 17.8 Å². The van der Waals surface area contributed by atoms with Crippen LogP contribution in [0.15, 0.2) is 53.3 Å². The van der Waals surface area contributed by atoms with Crippen LogP contribution >= 0.6 is 0 Å². The maximum atomic E-state index is 12.4. The number of rotatable bonds is 8. The Morgan fingerprint density at radius 2 is 1.75 bits per heavy atom. The van der Waals surface area contributed by atoms with Gasteiger partial charge in [0.15, 0.2) is 5.82 Å². The van der Waals surface area contributed by atoms with Crippen LogP contribution in [0.25, 0.3) is 10.9 Å². The molecule has 2 aromatic carbocycles. The third-order valence-corrected chi connectivity index (χ3v) is 5.46. The third kappa shape index (κ3) is 4.68. The molecule has 0 saturated carbocycles. The van der Waals surface area contributed by atoms with E-state index >= 15 is 0 Å². The maximum absolute atomic E-state index is 12.4. The number of benzene rings is 2. The molecule has 0 saturated heterocycles. The Morgan fingerprint density at radius 3 is 2.43 bits per heavy atom. The largest absolute Gasteiger partial charge is 0.331 e. The highest BCUT2D eigenvalue weighted by molar-refractivity contribution is 5.77. The number of nitrogens with one attached hydrogen (secondary N) is 1. The van der Waals surface area contributed by atoms with Gasteiger partial charge in [-0.25, -0.2) is 4.98 Å². The van der Waals surface area contributed by atoms with E-state index in [4.69, 9.17) is 4.98 Å². The van der Waals surface area contributed by atoms with Crippen molar-refractivity contribution < 1.29 is 5.32 Å². The Labute approximate surface area is 167 Å². The number of aromatic nitrogens is 2. The highest BCUT2D eigenvalue weighted by Crippen LogP contribution is 2.20. The molecule has 3 rings (SSSR count). The fourth-order valence-corrected chi connectivity index (χ4v) is 3.73. The quantitative estimate of drug-likeness (QED) is 0.614. The molecule has 0 spiro atoms. The molecule has 0 radical (unpaired) electrons. The molecule has 3 aromatic rings. The molecule has 28 heavy (non-hydrogen) atoms. The molecule has 148 valence electrons. The summed E-state index contributed by atoms with van der Waals surface area (Å²) in [5, 5.41) is 2.96. The standard InChI is InChI=1S/C24H31N3O/c1-5-6-9-18-12-14-19(15-13-18)22(16(2)3)25-17(4)23-26-21-11-8-7-10-20(21)24(28)27-23/h7-8,10-17,22,25H,5-6,9H2,1-4H3,(H,26,27,28)/p+1/t17-,22+/m1/s1. The van der Waals surface area contributed by atoms with E-state index in [1.54, 1.807) is 0 Å². The van der Waals surface area contributed by atoms with Gasteiger partial charge in [0, 0.05) is 11.5 Å². The first kappa shape index (κ1) is 20.3. The summed E-state index contributed by atoms with van der Waals surface area (Å²) in [7, 11) is 0. The van der Waals surface area contributed by atoms with Gasteiger partial charge in [-0.3, -0.25) is 4.79 Å². The van der Waals surface area contributed by atoms with Gasteiger partial charge < -0.3 is 10.3 Å². The number of quaternary nitrogens is 1. The number of aromatic amines is 1. The lowest BCUT2D eigenvalue weighted by Gasteiger charge is -2.23. The van der Waals surface area contributed by atoms with Gasteiger partial charge in [0.1, 0.15) is 12.1 Å². The molecule has 0 bridgehead atoms. The van der Waals surface area contributed by atoms with E-state index in [1.165, 1.54) is 24.0 Å². The van der Waals surface area contributed by atoms with Crippen molar-refractivity contribution in [2.24, 2.45) is 5.92 Å². The molecule has 0 aliphatic heterocycles. The van der Waals surface area contributed by atoms with Crippen molar-refractivity contribution >= 4 is 10.9 Å². The summed E-state index contributed by atoms with van der Waals surface area (Å²) in [6.07, 6.45) is 3.60. The first-order valence-corrected chi connectivity index (χ1v) is 10.4. The van der Waals surface area contributed by atoms with E-state index in [1.807, 2.05) is 24.3 Å². The van der Waals surface area contributed by atoms with Crippen molar-refractivity contribution in [1.29, 1.82) is 0 Å². The van der Waals surface area contributed by atoms with Gasteiger partial charge in [0.2, 0.25) is 0 Å². The van der Waals surface area contributed by atoms with Crippen LogP contribution in [0.1, 0.15) is 69.6 Å². The first-order chi connectivity index (χ1) is 13.5. The number of nitrogens with zero attached hydrogens (tertiary/aromatic N) is 1. The van der Waals surface area contributed by atoms with Crippen LogP contribution in [0.4, 0.5) is 0 Å². The molecule has 1 aromatic heterocycles. The molecule has 1 heterocycles. The topological polar surface area (TPSA) is 62.4 Å². The zero-order valence-corrected chi connectivity index (χ0v) is 17.4. The SMILES string of the molecule is CCCCc1ccc([C@@H]([NH2+][C@H](C)c2nc3ccccc3c(=O)[nH]2)C(C)C)cc1. The minimum absolute atomic E-state index is 0.0597. The Balaban J connectivity index is 1.81. The molecule has 0 aliphatic carbocycles. The summed E-state index contributed by atoms with van der Waals surface area (Å²) in [6, 6.07) is 16.9. The van der Waals surface area contributed by atoms with Gasteiger partial charge in [0.25, 0.3) is 5.56 Å². The van der Waals surface area contributed by atoms with Gasteiger partial charge >= 0.3 is 0 Å². The van der Waals surface area contributed by atoms with Crippen LogP contribution in [0.2, 0.25) is 0 Å². The fourth-order valence-electron chi connectivity index (χ4n) is 3.73. The van der Waals surface area contributed by atoms with Gasteiger partial charge in [-0.05, 0) is 37.5 Å². The van der Waals surface area contributed by atoms with Crippen LogP contribution in [0.5, 0.6) is 0 Å². The summed E-state index contributed by atoms with van der Waals surface area (Å²) < 4.78 is 0. The molecule has 4 nitrogen and oxygen atoms in total. The summed E-state index contributed by atoms with van der Waals surface area (Å²) in [5.74, 6) is 1.20. The zero-order chi connectivity index (χ0) is 20.1. The molecule has 0 aliphatic rings. The van der Waals surface area contributed by atoms with Crippen molar-refractivity contribution in [3.8, 4) is 0 Å². The molecule has 0 unspecified atom stereocenters. The maximum Gasteiger partial charge on any atom is 0.258 e. The Kier molecular flexibility index (Phi) is 6.63. The molecule has 0 amide bonds. The van der Waals surface area contributed by atoms with Gasteiger partial charge in [-0.2, -0.15) is 0 Å². The minimum Gasteiger partial charge on any atom is -0.331 e. The number of fused-ring (bicyclic) bond motifs is 1. The van der Waals surface area contributed by atoms with Crippen molar-refractivity contribution in [3.05, 3.63) is 75.8 Å². The second kappa shape index (κ2) is 9.16. The number of hydrogen-bond acceptors (Lipinski definition) is 2. The van der Waals surface area contributed by atoms with E-state index in [0.29, 0.717) is 17.3 Å². The number of H-pyrrole nitrogens is 1. The van der Waals surface area contributed by atoms with E-state index < -0.39 is 0 Å². The summed E-state index contributed by atoms with van der Waals surface area (Å²) in [6.45, 7) is 8.83. The summed E-state index contributed by atoms with van der Waals surface area (Å²) in [4.78, 5) is 20.1. The zero-order valence-electron chi connectivity index (χ0n) is 17.4. The Morgan fingerprint density at radius 1 is 1.04 bits per heavy atom. The minimum atomic E-state index is -0.0674. The predicted molar refractivity (Wildman–Crippen MR) is 115 cm³/mol. The molecular weight excluding hydrogens is 346 g/mol. The molecule has 4 heteroatoms. The van der Waals surface area contributed by atoms with Crippen molar-refractivity contribution in [2.75, 3.05) is 0 Å². The average Bonchev–Trinajstić information content (AvgIpc) is 2.70. The van der Waals surface area contributed by atoms with Crippen molar-refractivity contribution in [2.45, 2.75) is 59.0 Å². The summed E-state index contributed by atoms with van der Waals surface area (Å²) >= 11 is 0. The predicted octanol–water partition coefficient (Wildman–Crippen LogP) is 4.29. The molecule has 3 N–H and O–H groups in total. The third-order valence-electron chi connectivity index (χ3n) is 5.46. The summed E-state index contributed by atoms with van der Waals surface area (Å²) in [5.41, 5.74) is 3.41. The Hall–Kier alpha value is -2.46. The van der Waals surface area contributed by atoms with E-state index in [9.17, 15) is 4.79 Å². The molecule has 2 atom stereocenters. The fraction of sp³-hybridized carbons (Fsp3) is 0.417. The highest BCUT2D eigenvalue weighted by atomic mass is 16.1. The van der Waals surface area contributed by atoms with E-state index in [-0.39, 0.29) is 11.6 Å². The monoisotopic (exact) mass is 378 g/mol. The lowest BCUT2D eigenvalue weighted by molar-refractivity contribution is -0.738. The van der Waals surface area contributed by atoms with Crippen molar-refractivity contribution in [1.82, 2.24) is 9.97 Å². The van der Waals surface area contributed by atoms with Crippen LogP contribution in [0, 0.1) is 5.92 Å². The van der Waals surface area contributed by atoms with E-state index in [2.05, 4.69) is 62.3 Å². The number of aryl methyl sites for hydroxylation is 1. The van der Waals surface area contributed by atoms with Gasteiger partial charge in [-0.15, -0.1) is 0 Å². The highest BCUT2D eigenvalue weighted by Gasteiger charge is 2.24. The van der Waals surface area contributed by atoms with Gasteiger partial charge in [0.05, 0.1) is 10.9 Å². The Bertz CT molecular complexity index is 959. The molecule has 0 fully saturated rings. The van der Waals surface area contributed by atoms with Crippen LogP contribution < -0.4 is 10.9 Å². The number of para-hydroxylation sites is 1.